The first-order valence-corrected chi connectivity index (χ1v) is 9.41. The number of aromatic nitrogens is 3. The van der Waals surface area contributed by atoms with Crippen LogP contribution in [0.25, 0.3) is 5.65 Å². The molecule has 1 aromatic carbocycles. The number of nitrogens with one attached hydrogen (secondary N) is 1. The van der Waals surface area contributed by atoms with Crippen LogP contribution in [-0.4, -0.2) is 41.0 Å². The van der Waals surface area contributed by atoms with Gasteiger partial charge in [-0.05, 0) is 25.1 Å². The molecule has 12 heteroatoms. The van der Waals surface area contributed by atoms with Gasteiger partial charge in [-0.3, -0.25) is 14.5 Å². The smallest absolute Gasteiger partial charge is 0.339 e. The third-order valence-electron chi connectivity index (χ3n) is 3.93. The van der Waals surface area contributed by atoms with Gasteiger partial charge in [0.05, 0.1) is 23.6 Å². The van der Waals surface area contributed by atoms with Crippen molar-refractivity contribution in [3.63, 3.8) is 0 Å². The maximum absolute atomic E-state index is 12.9. The SMILES string of the molecule is COC(=O)c1ccc([N+](=O)[O-])cc1S(=O)(=O)NC(C)c1nnc2ccccn12. The van der Waals surface area contributed by atoms with Crippen LogP contribution in [0, 0.1) is 10.1 Å². The average molecular weight is 405 g/mol. The van der Waals surface area contributed by atoms with Crippen molar-refractivity contribution in [3.8, 4) is 0 Å². The van der Waals surface area contributed by atoms with Crippen molar-refractivity contribution in [2.24, 2.45) is 0 Å². The molecule has 0 aliphatic carbocycles. The van der Waals surface area contributed by atoms with Crippen molar-refractivity contribution in [2.45, 2.75) is 17.9 Å². The van der Waals surface area contributed by atoms with E-state index in [9.17, 15) is 23.3 Å². The van der Waals surface area contributed by atoms with Crippen LogP contribution in [0.3, 0.4) is 0 Å². The number of hydrogen-bond acceptors (Lipinski definition) is 8. The zero-order chi connectivity index (χ0) is 20.5. The largest absolute Gasteiger partial charge is 0.465 e. The number of carbonyl (C=O) groups is 1. The summed E-state index contributed by atoms with van der Waals surface area (Å²) in [5.41, 5.74) is -0.276. The predicted molar refractivity (Wildman–Crippen MR) is 96.2 cm³/mol. The first-order valence-electron chi connectivity index (χ1n) is 7.93. The van der Waals surface area contributed by atoms with Gasteiger partial charge >= 0.3 is 5.97 Å². The van der Waals surface area contributed by atoms with E-state index in [1.54, 1.807) is 28.8 Å². The highest BCUT2D eigenvalue weighted by atomic mass is 32.2. The number of carbonyl (C=O) groups excluding carboxylic acids is 1. The number of ether oxygens (including phenoxy) is 1. The molecule has 0 bridgehead atoms. The molecule has 0 saturated carbocycles. The first kappa shape index (κ1) is 19.4. The number of pyridine rings is 1. The molecule has 1 atom stereocenters. The Labute approximate surface area is 159 Å². The Balaban J connectivity index is 2.03. The van der Waals surface area contributed by atoms with E-state index >= 15 is 0 Å². The molecule has 0 spiro atoms. The van der Waals surface area contributed by atoms with Gasteiger partial charge in [0.25, 0.3) is 5.69 Å². The molecule has 0 aliphatic heterocycles. The standard InChI is InChI=1S/C16H15N5O6S/c1-10(15-18-17-14-5-3-4-8-20(14)15)19-28(25,26)13-9-11(21(23)24)6-7-12(13)16(22)27-2/h3-10,19H,1-2H3. The van der Waals surface area contributed by atoms with Gasteiger partial charge in [-0.25, -0.2) is 17.9 Å². The number of nitrogens with zero attached hydrogens (tertiary/aromatic N) is 4. The summed E-state index contributed by atoms with van der Waals surface area (Å²) < 4.78 is 34.3. The molecule has 0 radical (unpaired) electrons. The zero-order valence-electron chi connectivity index (χ0n) is 14.8. The van der Waals surface area contributed by atoms with Gasteiger partial charge in [-0.1, -0.05) is 6.07 Å². The van der Waals surface area contributed by atoms with Gasteiger partial charge in [0.1, 0.15) is 4.90 Å². The van der Waals surface area contributed by atoms with E-state index in [2.05, 4.69) is 19.7 Å². The number of benzene rings is 1. The fraction of sp³-hybridized carbons (Fsp3) is 0.188. The summed E-state index contributed by atoms with van der Waals surface area (Å²) in [7, 11) is -3.25. The third kappa shape index (κ3) is 3.54. The summed E-state index contributed by atoms with van der Waals surface area (Å²) in [5, 5.41) is 19.0. The monoisotopic (exact) mass is 405 g/mol. The Bertz CT molecular complexity index is 1170. The van der Waals surface area contributed by atoms with Gasteiger partial charge in [-0.2, -0.15) is 0 Å². The second-order valence-electron chi connectivity index (χ2n) is 5.76. The van der Waals surface area contributed by atoms with Crippen LogP contribution in [-0.2, 0) is 14.8 Å². The summed E-state index contributed by atoms with van der Waals surface area (Å²) in [6, 6.07) is 7.23. The Morgan fingerprint density at radius 3 is 2.71 bits per heavy atom. The molecule has 1 unspecified atom stereocenters. The lowest BCUT2D eigenvalue weighted by molar-refractivity contribution is -0.385. The molecule has 1 N–H and O–H groups in total. The molecule has 146 valence electrons. The lowest BCUT2D eigenvalue weighted by Crippen LogP contribution is -2.29. The molecular weight excluding hydrogens is 390 g/mol. The van der Waals surface area contributed by atoms with E-state index in [0.29, 0.717) is 11.5 Å². The minimum Gasteiger partial charge on any atom is -0.465 e. The van der Waals surface area contributed by atoms with Crippen LogP contribution in [0.4, 0.5) is 5.69 Å². The summed E-state index contributed by atoms with van der Waals surface area (Å²) in [4.78, 5) is 21.7. The third-order valence-corrected chi connectivity index (χ3v) is 5.51. The maximum Gasteiger partial charge on any atom is 0.339 e. The summed E-state index contributed by atoms with van der Waals surface area (Å²) in [6.45, 7) is 1.54. The lowest BCUT2D eigenvalue weighted by Gasteiger charge is -2.14. The molecule has 0 saturated heterocycles. The van der Waals surface area contributed by atoms with Gasteiger partial charge < -0.3 is 4.74 Å². The summed E-state index contributed by atoms with van der Waals surface area (Å²) in [6.07, 6.45) is 1.67. The fourth-order valence-electron chi connectivity index (χ4n) is 2.63. The van der Waals surface area contributed by atoms with Crippen LogP contribution >= 0.6 is 0 Å². The van der Waals surface area contributed by atoms with Crippen LogP contribution in [0.5, 0.6) is 0 Å². The minimum absolute atomic E-state index is 0.309. The molecule has 0 fully saturated rings. The van der Waals surface area contributed by atoms with Crippen LogP contribution in [0.1, 0.15) is 29.1 Å². The number of rotatable bonds is 6. The highest BCUT2D eigenvalue weighted by Gasteiger charge is 2.29. The number of methoxy groups -OCH3 is 1. The second kappa shape index (κ2) is 7.32. The highest BCUT2D eigenvalue weighted by Crippen LogP contribution is 2.25. The van der Waals surface area contributed by atoms with Crippen molar-refractivity contribution >= 4 is 27.3 Å². The number of nitro groups is 1. The minimum atomic E-state index is -4.33. The van der Waals surface area contributed by atoms with E-state index in [1.165, 1.54) is 6.92 Å². The maximum atomic E-state index is 12.9. The average Bonchev–Trinajstić information content (AvgIpc) is 3.10. The molecule has 0 amide bonds. The van der Waals surface area contributed by atoms with E-state index < -0.39 is 37.5 Å². The Hall–Kier alpha value is -3.38. The lowest BCUT2D eigenvalue weighted by atomic mass is 10.2. The number of fused-ring (bicyclic) bond motifs is 1. The summed E-state index contributed by atoms with van der Waals surface area (Å²) >= 11 is 0. The molecule has 28 heavy (non-hydrogen) atoms. The van der Waals surface area contributed by atoms with Gasteiger partial charge in [0.15, 0.2) is 11.5 Å². The molecule has 2 heterocycles. The number of nitro benzene ring substituents is 1. The molecule has 11 nitrogen and oxygen atoms in total. The second-order valence-corrected chi connectivity index (χ2v) is 7.44. The Morgan fingerprint density at radius 2 is 2.04 bits per heavy atom. The fourth-order valence-corrected chi connectivity index (χ4v) is 4.04. The predicted octanol–water partition coefficient (Wildman–Crippen LogP) is 1.46. The quantitative estimate of drug-likeness (QED) is 0.368. The zero-order valence-corrected chi connectivity index (χ0v) is 15.6. The van der Waals surface area contributed by atoms with E-state index in [0.717, 1.165) is 25.3 Å². The van der Waals surface area contributed by atoms with Crippen molar-refractivity contribution in [1.29, 1.82) is 0 Å². The number of hydrogen-bond donors (Lipinski definition) is 1. The molecule has 3 aromatic rings. The number of esters is 1. The molecular formula is C16H15N5O6S. The van der Waals surface area contributed by atoms with Gasteiger partial charge in [0.2, 0.25) is 10.0 Å². The van der Waals surface area contributed by atoms with Gasteiger partial charge in [-0.15, -0.1) is 10.2 Å². The molecule has 3 rings (SSSR count). The Morgan fingerprint density at radius 1 is 1.29 bits per heavy atom. The van der Waals surface area contributed by atoms with Crippen molar-refractivity contribution in [2.75, 3.05) is 7.11 Å². The van der Waals surface area contributed by atoms with E-state index in [1.807, 2.05) is 0 Å². The van der Waals surface area contributed by atoms with Crippen molar-refractivity contribution in [1.82, 2.24) is 19.3 Å². The van der Waals surface area contributed by atoms with E-state index in [4.69, 9.17) is 0 Å². The van der Waals surface area contributed by atoms with Crippen LogP contribution in [0.2, 0.25) is 0 Å². The van der Waals surface area contributed by atoms with Gasteiger partial charge in [0, 0.05) is 18.3 Å². The highest BCUT2D eigenvalue weighted by molar-refractivity contribution is 7.89. The summed E-state index contributed by atoms with van der Waals surface area (Å²) in [5.74, 6) is -0.625. The molecule has 0 aliphatic rings. The van der Waals surface area contributed by atoms with Crippen molar-refractivity contribution in [3.05, 3.63) is 64.1 Å². The van der Waals surface area contributed by atoms with Crippen molar-refractivity contribution < 1.29 is 22.9 Å². The molecule has 2 aromatic heterocycles. The number of sulfonamides is 1. The number of non-ortho nitro benzene ring substituents is 1. The van der Waals surface area contributed by atoms with Crippen LogP contribution < -0.4 is 4.72 Å². The normalized spacial score (nSPS) is 12.6. The Kier molecular flexibility index (Phi) is 5.07. The topological polar surface area (TPSA) is 146 Å². The van der Waals surface area contributed by atoms with E-state index in [-0.39, 0.29) is 5.56 Å². The van der Waals surface area contributed by atoms with Crippen LogP contribution in [0.15, 0.2) is 47.5 Å². The first-order chi connectivity index (χ1) is 13.2.